The van der Waals surface area contributed by atoms with Crippen LogP contribution in [0, 0.1) is 0 Å². The maximum Gasteiger partial charge on any atom is 0.269 e. The lowest BCUT2D eigenvalue weighted by Crippen LogP contribution is -2.12. The third-order valence-corrected chi connectivity index (χ3v) is 3.99. The van der Waals surface area contributed by atoms with E-state index in [1.807, 2.05) is 24.3 Å². The molecule has 1 aromatic carbocycles. The summed E-state index contributed by atoms with van der Waals surface area (Å²) in [7, 11) is 0. The molecule has 7 heteroatoms. The van der Waals surface area contributed by atoms with Crippen LogP contribution in [-0.2, 0) is 0 Å². The SMILES string of the molecule is CCCNc1nc(N)c(C(=O)Nc2cccc(Br)c2)s1. The van der Waals surface area contributed by atoms with E-state index in [1.54, 1.807) is 0 Å². The summed E-state index contributed by atoms with van der Waals surface area (Å²) in [6.45, 7) is 2.87. The van der Waals surface area contributed by atoms with Gasteiger partial charge >= 0.3 is 0 Å². The predicted molar refractivity (Wildman–Crippen MR) is 87.4 cm³/mol. The molecule has 0 spiro atoms. The second-order valence-corrected chi connectivity index (χ2v) is 6.04. The number of nitrogens with one attached hydrogen (secondary N) is 2. The summed E-state index contributed by atoms with van der Waals surface area (Å²) in [4.78, 5) is 16.7. The van der Waals surface area contributed by atoms with E-state index < -0.39 is 0 Å². The highest BCUT2D eigenvalue weighted by molar-refractivity contribution is 9.10. The molecule has 0 bridgehead atoms. The molecule has 0 aliphatic rings. The van der Waals surface area contributed by atoms with E-state index in [0.29, 0.717) is 15.7 Å². The smallest absolute Gasteiger partial charge is 0.269 e. The lowest BCUT2D eigenvalue weighted by atomic mass is 10.3. The molecular formula is C13H15BrN4OS. The van der Waals surface area contributed by atoms with Crippen LogP contribution in [0.2, 0.25) is 0 Å². The van der Waals surface area contributed by atoms with Gasteiger partial charge in [0.1, 0.15) is 10.7 Å². The topological polar surface area (TPSA) is 80.0 Å². The number of carbonyl (C=O) groups excluding carboxylic acids is 1. The van der Waals surface area contributed by atoms with E-state index in [4.69, 9.17) is 5.73 Å². The minimum absolute atomic E-state index is 0.248. The number of halogens is 1. The second-order valence-electron chi connectivity index (χ2n) is 4.12. The Bertz CT molecular complexity index is 614. The summed E-state index contributed by atoms with van der Waals surface area (Å²) in [5, 5.41) is 6.60. The molecule has 0 aliphatic heterocycles. The summed E-state index contributed by atoms with van der Waals surface area (Å²) >= 11 is 4.62. The first-order valence-electron chi connectivity index (χ1n) is 6.17. The molecule has 5 nitrogen and oxygen atoms in total. The van der Waals surface area contributed by atoms with Crippen LogP contribution in [0.25, 0.3) is 0 Å². The Kier molecular flexibility index (Phi) is 4.97. The maximum atomic E-state index is 12.2. The van der Waals surface area contributed by atoms with E-state index in [9.17, 15) is 4.79 Å². The molecule has 0 atom stereocenters. The first-order valence-corrected chi connectivity index (χ1v) is 7.78. The Balaban J connectivity index is 2.11. The number of carbonyl (C=O) groups is 1. The van der Waals surface area contributed by atoms with Gasteiger partial charge in [-0.3, -0.25) is 4.79 Å². The fraction of sp³-hybridized carbons (Fsp3) is 0.231. The first kappa shape index (κ1) is 14.8. The second kappa shape index (κ2) is 6.71. The highest BCUT2D eigenvalue weighted by Gasteiger charge is 2.16. The molecule has 1 aromatic heterocycles. The summed E-state index contributed by atoms with van der Waals surface area (Å²) < 4.78 is 0.901. The molecule has 1 amide bonds. The fourth-order valence-electron chi connectivity index (χ4n) is 1.56. The molecule has 0 unspecified atom stereocenters. The lowest BCUT2D eigenvalue weighted by Gasteiger charge is -2.03. The van der Waals surface area contributed by atoms with Crippen molar-refractivity contribution in [3.05, 3.63) is 33.6 Å². The first-order chi connectivity index (χ1) is 9.60. The molecule has 0 aliphatic carbocycles. The zero-order valence-electron chi connectivity index (χ0n) is 10.9. The van der Waals surface area contributed by atoms with Crippen LogP contribution in [0.3, 0.4) is 0 Å². The largest absolute Gasteiger partial charge is 0.382 e. The van der Waals surface area contributed by atoms with Gasteiger partial charge in [0.2, 0.25) is 0 Å². The van der Waals surface area contributed by atoms with Crippen LogP contribution < -0.4 is 16.4 Å². The van der Waals surface area contributed by atoms with Crippen LogP contribution in [0.5, 0.6) is 0 Å². The quantitative estimate of drug-likeness (QED) is 0.766. The molecule has 2 aromatic rings. The number of nitrogens with two attached hydrogens (primary N) is 1. The maximum absolute atomic E-state index is 12.2. The fourth-order valence-corrected chi connectivity index (χ4v) is 2.76. The van der Waals surface area contributed by atoms with Crippen molar-refractivity contribution in [2.75, 3.05) is 22.9 Å². The van der Waals surface area contributed by atoms with Crippen molar-refractivity contribution in [1.82, 2.24) is 4.98 Å². The molecule has 0 fully saturated rings. The highest BCUT2D eigenvalue weighted by atomic mass is 79.9. The zero-order chi connectivity index (χ0) is 14.5. The number of rotatable bonds is 5. The number of hydrogen-bond donors (Lipinski definition) is 3. The van der Waals surface area contributed by atoms with Crippen molar-refractivity contribution in [2.24, 2.45) is 0 Å². The molecule has 0 radical (unpaired) electrons. The van der Waals surface area contributed by atoms with E-state index in [0.717, 1.165) is 17.4 Å². The third-order valence-electron chi connectivity index (χ3n) is 2.47. The van der Waals surface area contributed by atoms with Gasteiger partial charge in [0.05, 0.1) is 0 Å². The van der Waals surface area contributed by atoms with Crippen LogP contribution in [0.15, 0.2) is 28.7 Å². The minimum Gasteiger partial charge on any atom is -0.382 e. The van der Waals surface area contributed by atoms with Gasteiger partial charge in [-0.1, -0.05) is 40.3 Å². The average Bonchev–Trinajstić information content (AvgIpc) is 2.77. The molecule has 2 rings (SSSR count). The minimum atomic E-state index is -0.248. The Morgan fingerprint density at radius 1 is 1.50 bits per heavy atom. The van der Waals surface area contributed by atoms with E-state index in [-0.39, 0.29) is 11.7 Å². The number of benzene rings is 1. The van der Waals surface area contributed by atoms with Gasteiger partial charge in [-0.15, -0.1) is 0 Å². The van der Waals surface area contributed by atoms with Gasteiger partial charge in [-0.25, -0.2) is 4.98 Å². The van der Waals surface area contributed by atoms with Crippen molar-refractivity contribution in [3.63, 3.8) is 0 Å². The van der Waals surface area contributed by atoms with Crippen LogP contribution in [0.1, 0.15) is 23.0 Å². The zero-order valence-corrected chi connectivity index (χ0v) is 13.3. The highest BCUT2D eigenvalue weighted by Crippen LogP contribution is 2.26. The summed E-state index contributed by atoms with van der Waals surface area (Å²) in [6.07, 6.45) is 0.985. The van der Waals surface area contributed by atoms with Crippen LogP contribution >= 0.6 is 27.3 Å². The number of aromatic nitrogens is 1. The normalized spacial score (nSPS) is 10.3. The predicted octanol–water partition coefficient (Wildman–Crippen LogP) is 3.56. The number of anilines is 3. The molecule has 106 valence electrons. The van der Waals surface area contributed by atoms with Gasteiger partial charge in [0.15, 0.2) is 5.13 Å². The third kappa shape index (κ3) is 3.71. The lowest BCUT2D eigenvalue weighted by molar-refractivity contribution is 0.103. The van der Waals surface area contributed by atoms with Crippen molar-refractivity contribution < 1.29 is 4.79 Å². The van der Waals surface area contributed by atoms with Crippen LogP contribution in [-0.4, -0.2) is 17.4 Å². The van der Waals surface area contributed by atoms with Crippen molar-refractivity contribution in [2.45, 2.75) is 13.3 Å². The molecule has 0 saturated heterocycles. The van der Waals surface area contributed by atoms with Gasteiger partial charge in [-0.05, 0) is 24.6 Å². The van der Waals surface area contributed by atoms with Crippen LogP contribution in [0.4, 0.5) is 16.6 Å². The Morgan fingerprint density at radius 3 is 3.00 bits per heavy atom. The molecule has 0 saturated carbocycles. The summed E-state index contributed by atoms with van der Waals surface area (Å²) in [5.74, 6) is 0.00347. The van der Waals surface area contributed by atoms with Gasteiger partial charge in [0, 0.05) is 16.7 Å². The number of nitrogen functional groups attached to an aromatic ring is 1. The average molecular weight is 355 g/mol. The molecule has 4 N–H and O–H groups in total. The Morgan fingerprint density at radius 2 is 2.30 bits per heavy atom. The van der Waals surface area contributed by atoms with E-state index in [2.05, 4.69) is 38.5 Å². The van der Waals surface area contributed by atoms with E-state index >= 15 is 0 Å². The van der Waals surface area contributed by atoms with Gasteiger partial charge in [-0.2, -0.15) is 0 Å². The van der Waals surface area contributed by atoms with Crippen molar-refractivity contribution in [3.8, 4) is 0 Å². The Labute approximate surface area is 129 Å². The summed E-state index contributed by atoms with van der Waals surface area (Å²) in [5.41, 5.74) is 6.50. The van der Waals surface area contributed by atoms with Crippen molar-refractivity contribution in [1.29, 1.82) is 0 Å². The molecule has 20 heavy (non-hydrogen) atoms. The monoisotopic (exact) mass is 354 g/mol. The standard InChI is InChI=1S/C13H15BrN4OS/c1-2-6-16-13-18-11(15)10(20-13)12(19)17-9-5-3-4-8(14)7-9/h3-5,7H,2,6,15H2,1H3,(H,16,18)(H,17,19). The van der Waals surface area contributed by atoms with Crippen molar-refractivity contribution >= 4 is 49.8 Å². The van der Waals surface area contributed by atoms with Gasteiger partial charge < -0.3 is 16.4 Å². The summed E-state index contributed by atoms with van der Waals surface area (Å²) in [6, 6.07) is 7.38. The Hall–Kier alpha value is -1.60. The van der Waals surface area contributed by atoms with Gasteiger partial charge in [0.25, 0.3) is 5.91 Å². The number of thiazole rings is 1. The van der Waals surface area contributed by atoms with E-state index in [1.165, 1.54) is 11.3 Å². The molecule has 1 heterocycles. The number of hydrogen-bond acceptors (Lipinski definition) is 5. The molecular weight excluding hydrogens is 340 g/mol. The number of amides is 1. The number of nitrogens with zero attached hydrogens (tertiary/aromatic N) is 1.